The molecule has 6 nitrogen and oxygen atoms in total. The highest BCUT2D eigenvalue weighted by atomic mass is 16.6. The fraction of sp³-hybridized carbons (Fsp3) is 0.833. The summed E-state index contributed by atoms with van der Waals surface area (Å²) in [6, 6.07) is 0. The van der Waals surface area contributed by atoms with Crippen LogP contribution < -0.4 is 0 Å². The fourth-order valence-corrected chi connectivity index (χ4v) is 2.02. The summed E-state index contributed by atoms with van der Waals surface area (Å²) in [6.07, 6.45) is -0.646. The smallest absolute Gasteiger partial charge is 0.410 e. The number of methoxy groups -OCH3 is 1. The molecule has 0 radical (unpaired) electrons. The molecule has 6 heteroatoms. The minimum atomic E-state index is -0.992. The molecule has 0 bridgehead atoms. The third-order valence-corrected chi connectivity index (χ3v) is 2.80. The van der Waals surface area contributed by atoms with Crippen LogP contribution in [0.15, 0.2) is 0 Å². The number of ether oxygens (including phenoxy) is 2. The zero-order valence-corrected chi connectivity index (χ0v) is 11.3. The molecule has 1 rings (SSSR count). The number of carbonyl (C=O) groups excluding carboxylic acids is 1. The molecule has 1 aliphatic heterocycles. The van der Waals surface area contributed by atoms with Crippen LogP contribution in [0.3, 0.4) is 0 Å². The predicted molar refractivity (Wildman–Crippen MR) is 64.3 cm³/mol. The van der Waals surface area contributed by atoms with Crippen molar-refractivity contribution in [1.29, 1.82) is 0 Å². The lowest BCUT2D eigenvalue weighted by atomic mass is 10.0. The molecule has 1 N–H and O–H groups in total. The van der Waals surface area contributed by atoms with Gasteiger partial charge in [0, 0.05) is 26.1 Å². The highest BCUT2D eigenvalue weighted by molar-refractivity contribution is 5.73. The Labute approximate surface area is 107 Å². The average Bonchev–Trinajstić information content (AvgIpc) is 2.64. The summed E-state index contributed by atoms with van der Waals surface area (Å²) in [5, 5.41) is 8.99. The van der Waals surface area contributed by atoms with Crippen molar-refractivity contribution >= 4 is 12.1 Å². The molecule has 0 aromatic heterocycles. The number of hydrogen-bond donors (Lipinski definition) is 1. The van der Waals surface area contributed by atoms with Crippen molar-refractivity contribution in [1.82, 2.24) is 4.90 Å². The maximum absolute atomic E-state index is 11.8. The van der Waals surface area contributed by atoms with Crippen LogP contribution >= 0.6 is 0 Å². The van der Waals surface area contributed by atoms with E-state index in [0.717, 1.165) is 0 Å². The first-order chi connectivity index (χ1) is 8.24. The minimum Gasteiger partial charge on any atom is -0.479 e. The largest absolute Gasteiger partial charge is 0.479 e. The highest BCUT2D eigenvalue weighted by Crippen LogP contribution is 2.23. The minimum absolute atomic E-state index is 0.181. The summed E-state index contributed by atoms with van der Waals surface area (Å²) in [6.45, 7) is 6.27. The molecule has 1 fully saturated rings. The van der Waals surface area contributed by atoms with Gasteiger partial charge in [-0.1, -0.05) is 0 Å². The first kappa shape index (κ1) is 14.8. The molecule has 0 aliphatic carbocycles. The molecule has 1 amide bonds. The second kappa shape index (κ2) is 5.56. The van der Waals surface area contributed by atoms with Gasteiger partial charge < -0.3 is 19.5 Å². The number of carboxylic acids is 1. The lowest BCUT2D eigenvalue weighted by molar-refractivity contribution is -0.151. The van der Waals surface area contributed by atoms with E-state index in [1.165, 1.54) is 12.0 Å². The van der Waals surface area contributed by atoms with Gasteiger partial charge in [0.2, 0.25) is 0 Å². The van der Waals surface area contributed by atoms with Gasteiger partial charge in [0.25, 0.3) is 0 Å². The number of aliphatic carboxylic acids is 1. The third kappa shape index (κ3) is 3.87. The standard InChI is InChI=1S/C12H21NO5/c1-12(2,3)18-11(16)13-6-5-8(7-13)9(17-4)10(14)15/h8-9H,5-7H2,1-4H3,(H,14,15). The maximum Gasteiger partial charge on any atom is 0.410 e. The van der Waals surface area contributed by atoms with Crippen LogP contribution in [0, 0.1) is 5.92 Å². The van der Waals surface area contributed by atoms with Gasteiger partial charge >= 0.3 is 12.1 Å². The zero-order chi connectivity index (χ0) is 13.9. The van der Waals surface area contributed by atoms with E-state index in [1.807, 2.05) is 0 Å². The Balaban J connectivity index is 2.55. The summed E-state index contributed by atoms with van der Waals surface area (Å²) < 4.78 is 10.2. The Kier molecular flexibility index (Phi) is 4.56. The van der Waals surface area contributed by atoms with Crippen molar-refractivity contribution in [3.05, 3.63) is 0 Å². The Morgan fingerprint density at radius 3 is 2.44 bits per heavy atom. The number of hydrogen-bond acceptors (Lipinski definition) is 4. The van der Waals surface area contributed by atoms with E-state index in [4.69, 9.17) is 14.6 Å². The second-order valence-corrected chi connectivity index (χ2v) is 5.47. The van der Waals surface area contributed by atoms with Gasteiger partial charge in [0.1, 0.15) is 5.60 Å². The molecular formula is C12H21NO5. The van der Waals surface area contributed by atoms with Crippen molar-refractivity contribution in [2.24, 2.45) is 5.92 Å². The Morgan fingerprint density at radius 2 is 2.00 bits per heavy atom. The van der Waals surface area contributed by atoms with E-state index in [0.29, 0.717) is 19.5 Å². The van der Waals surface area contributed by atoms with E-state index >= 15 is 0 Å². The van der Waals surface area contributed by atoms with Crippen LogP contribution in [0.2, 0.25) is 0 Å². The zero-order valence-electron chi connectivity index (χ0n) is 11.3. The lowest BCUT2D eigenvalue weighted by Gasteiger charge is -2.25. The highest BCUT2D eigenvalue weighted by Gasteiger charge is 2.37. The molecule has 0 spiro atoms. The average molecular weight is 259 g/mol. The van der Waals surface area contributed by atoms with Crippen LogP contribution in [-0.2, 0) is 14.3 Å². The summed E-state index contributed by atoms with van der Waals surface area (Å²) in [7, 11) is 1.37. The van der Waals surface area contributed by atoms with Gasteiger partial charge in [-0.25, -0.2) is 9.59 Å². The molecule has 0 saturated carbocycles. The van der Waals surface area contributed by atoms with Crippen molar-refractivity contribution in [3.8, 4) is 0 Å². The molecule has 0 aromatic rings. The van der Waals surface area contributed by atoms with Gasteiger partial charge in [-0.15, -0.1) is 0 Å². The van der Waals surface area contributed by atoms with Crippen molar-refractivity contribution in [2.45, 2.75) is 38.9 Å². The molecule has 2 atom stereocenters. The Morgan fingerprint density at radius 1 is 1.39 bits per heavy atom. The summed E-state index contributed by atoms with van der Waals surface area (Å²) >= 11 is 0. The van der Waals surface area contributed by atoms with E-state index in [1.54, 1.807) is 20.8 Å². The van der Waals surface area contributed by atoms with Crippen molar-refractivity contribution < 1.29 is 24.2 Å². The molecule has 0 aromatic carbocycles. The number of amides is 1. The lowest BCUT2D eigenvalue weighted by Crippen LogP contribution is -2.38. The second-order valence-electron chi connectivity index (χ2n) is 5.47. The topological polar surface area (TPSA) is 76.1 Å². The van der Waals surface area contributed by atoms with Crippen LogP contribution in [0.5, 0.6) is 0 Å². The van der Waals surface area contributed by atoms with E-state index < -0.39 is 23.8 Å². The van der Waals surface area contributed by atoms with Crippen LogP contribution in [0.25, 0.3) is 0 Å². The molecule has 1 aliphatic rings. The van der Waals surface area contributed by atoms with E-state index in [-0.39, 0.29) is 5.92 Å². The van der Waals surface area contributed by atoms with Gasteiger partial charge in [-0.05, 0) is 27.2 Å². The summed E-state index contributed by atoms with van der Waals surface area (Å²) in [5.41, 5.74) is -0.539. The first-order valence-corrected chi connectivity index (χ1v) is 5.98. The number of likely N-dealkylation sites (tertiary alicyclic amines) is 1. The molecule has 104 valence electrons. The summed E-state index contributed by atoms with van der Waals surface area (Å²) in [4.78, 5) is 24.3. The summed E-state index contributed by atoms with van der Waals surface area (Å²) in [5.74, 6) is -1.17. The molecule has 1 heterocycles. The van der Waals surface area contributed by atoms with Crippen molar-refractivity contribution in [3.63, 3.8) is 0 Å². The van der Waals surface area contributed by atoms with Crippen LogP contribution in [-0.4, -0.2) is 54.0 Å². The van der Waals surface area contributed by atoms with Gasteiger partial charge in [0.15, 0.2) is 6.10 Å². The van der Waals surface area contributed by atoms with Crippen LogP contribution in [0.1, 0.15) is 27.2 Å². The number of carbonyl (C=O) groups is 2. The van der Waals surface area contributed by atoms with Gasteiger partial charge in [-0.2, -0.15) is 0 Å². The SMILES string of the molecule is COC(C(=O)O)C1CCN(C(=O)OC(C)(C)C)C1. The molecular weight excluding hydrogens is 238 g/mol. The van der Waals surface area contributed by atoms with E-state index in [2.05, 4.69) is 0 Å². The van der Waals surface area contributed by atoms with E-state index in [9.17, 15) is 9.59 Å². The Hall–Kier alpha value is -1.30. The molecule has 1 saturated heterocycles. The predicted octanol–water partition coefficient (Wildman–Crippen LogP) is 1.34. The molecule has 2 unspecified atom stereocenters. The normalized spacial score (nSPS) is 21.8. The maximum atomic E-state index is 11.8. The molecule has 18 heavy (non-hydrogen) atoms. The Bertz CT molecular complexity index is 323. The third-order valence-electron chi connectivity index (χ3n) is 2.80. The van der Waals surface area contributed by atoms with Gasteiger partial charge in [-0.3, -0.25) is 0 Å². The fourth-order valence-electron chi connectivity index (χ4n) is 2.02. The number of rotatable bonds is 3. The first-order valence-electron chi connectivity index (χ1n) is 5.98. The number of carboxylic acid groups (broad SMARTS) is 1. The van der Waals surface area contributed by atoms with Gasteiger partial charge in [0.05, 0.1) is 0 Å². The number of nitrogens with zero attached hydrogens (tertiary/aromatic N) is 1. The monoisotopic (exact) mass is 259 g/mol. The van der Waals surface area contributed by atoms with Crippen molar-refractivity contribution in [2.75, 3.05) is 20.2 Å². The quantitative estimate of drug-likeness (QED) is 0.827. The van der Waals surface area contributed by atoms with Crippen LogP contribution in [0.4, 0.5) is 4.79 Å².